The van der Waals surface area contributed by atoms with Gasteiger partial charge >= 0.3 is 0 Å². The van der Waals surface area contributed by atoms with Gasteiger partial charge in [-0.15, -0.1) is 0 Å². The first-order valence-electron chi connectivity index (χ1n) is 7.02. The second kappa shape index (κ2) is 6.00. The molecule has 2 aromatic carbocycles. The van der Waals surface area contributed by atoms with Crippen molar-refractivity contribution in [2.24, 2.45) is 0 Å². The molecular formula is C15H10N4O6. The molecule has 1 heterocycles. The number of rotatable bonds is 5. The number of carbonyl (C=O) groups is 2. The average molecular weight is 342 g/mol. The molecule has 0 saturated heterocycles. The van der Waals surface area contributed by atoms with Crippen molar-refractivity contribution < 1.29 is 19.4 Å². The van der Waals surface area contributed by atoms with Crippen LogP contribution in [0.3, 0.4) is 0 Å². The van der Waals surface area contributed by atoms with Gasteiger partial charge in [0, 0.05) is 23.9 Å². The lowest BCUT2D eigenvalue weighted by molar-refractivity contribution is -0.385. The lowest BCUT2D eigenvalue weighted by Gasteiger charge is -2.15. The zero-order valence-corrected chi connectivity index (χ0v) is 12.5. The highest BCUT2D eigenvalue weighted by Crippen LogP contribution is 2.30. The van der Waals surface area contributed by atoms with Gasteiger partial charge in [0.2, 0.25) is 0 Å². The molecule has 1 N–H and O–H groups in total. The number of hydrogen-bond acceptors (Lipinski definition) is 7. The Kier molecular flexibility index (Phi) is 3.85. The molecule has 0 atom stereocenters. The molecule has 0 aromatic heterocycles. The van der Waals surface area contributed by atoms with Crippen LogP contribution in [0, 0.1) is 20.2 Å². The maximum atomic E-state index is 12.4. The molecule has 0 radical (unpaired) electrons. The maximum absolute atomic E-state index is 12.4. The second-order valence-corrected chi connectivity index (χ2v) is 5.13. The summed E-state index contributed by atoms with van der Waals surface area (Å²) < 4.78 is 0. The van der Waals surface area contributed by atoms with Gasteiger partial charge in [-0.05, 0) is 18.2 Å². The number of fused-ring (bicyclic) bond motifs is 1. The third kappa shape index (κ3) is 2.76. The van der Waals surface area contributed by atoms with E-state index in [1.165, 1.54) is 36.4 Å². The van der Waals surface area contributed by atoms with Gasteiger partial charge < -0.3 is 5.32 Å². The Morgan fingerprint density at radius 2 is 1.60 bits per heavy atom. The fourth-order valence-electron chi connectivity index (χ4n) is 2.48. The number of carbonyl (C=O) groups excluding carboxylic acids is 2. The van der Waals surface area contributed by atoms with Crippen molar-refractivity contribution in [3.63, 3.8) is 0 Å². The van der Waals surface area contributed by atoms with Crippen LogP contribution < -0.4 is 5.32 Å². The van der Waals surface area contributed by atoms with Gasteiger partial charge in [-0.2, -0.15) is 0 Å². The summed E-state index contributed by atoms with van der Waals surface area (Å²) in [5.74, 6) is -1.40. The minimum atomic E-state index is -0.762. The number of nitrogens with zero attached hydrogens (tertiary/aromatic N) is 3. The minimum absolute atomic E-state index is 0.0234. The highest BCUT2D eigenvalue weighted by molar-refractivity contribution is 6.23. The second-order valence-electron chi connectivity index (χ2n) is 5.13. The Bertz CT molecular complexity index is 909. The first kappa shape index (κ1) is 16.1. The quantitative estimate of drug-likeness (QED) is 0.499. The zero-order valence-electron chi connectivity index (χ0n) is 12.5. The maximum Gasteiger partial charge on any atom is 0.282 e. The molecule has 0 unspecified atom stereocenters. The van der Waals surface area contributed by atoms with Crippen LogP contribution in [0.5, 0.6) is 0 Å². The Balaban J connectivity index is 1.79. The Morgan fingerprint density at radius 3 is 2.20 bits per heavy atom. The van der Waals surface area contributed by atoms with E-state index < -0.39 is 27.3 Å². The largest absolute Gasteiger partial charge is 0.367 e. The van der Waals surface area contributed by atoms with Crippen molar-refractivity contribution in [2.45, 2.75) is 0 Å². The Morgan fingerprint density at radius 1 is 0.920 bits per heavy atom. The summed E-state index contributed by atoms with van der Waals surface area (Å²) in [5.41, 5.74) is -0.319. The van der Waals surface area contributed by atoms with Gasteiger partial charge in [0.05, 0.1) is 22.1 Å². The molecule has 1 aliphatic rings. The van der Waals surface area contributed by atoms with Crippen LogP contribution in [-0.2, 0) is 0 Å². The predicted octanol–water partition coefficient (Wildman–Crippen LogP) is 2.17. The van der Waals surface area contributed by atoms with Crippen LogP contribution >= 0.6 is 0 Å². The molecule has 10 nitrogen and oxygen atoms in total. The summed E-state index contributed by atoms with van der Waals surface area (Å²) in [7, 11) is 0. The Hall–Kier alpha value is -3.82. The molecule has 126 valence electrons. The van der Waals surface area contributed by atoms with E-state index in [0.717, 1.165) is 11.0 Å². The molecule has 2 amide bonds. The van der Waals surface area contributed by atoms with Crippen LogP contribution in [0.1, 0.15) is 20.7 Å². The van der Waals surface area contributed by atoms with Crippen molar-refractivity contribution in [1.82, 2.24) is 4.90 Å². The van der Waals surface area contributed by atoms with Crippen LogP contribution in [0.2, 0.25) is 0 Å². The van der Waals surface area contributed by atoms with Crippen LogP contribution in [0.15, 0.2) is 42.5 Å². The van der Waals surface area contributed by atoms with Crippen molar-refractivity contribution in [2.75, 3.05) is 12.0 Å². The lowest BCUT2D eigenvalue weighted by Crippen LogP contribution is -2.34. The molecule has 3 rings (SSSR count). The summed E-state index contributed by atoms with van der Waals surface area (Å²) in [6.45, 7) is -0.221. The van der Waals surface area contributed by atoms with Gasteiger partial charge in [0.25, 0.3) is 23.2 Å². The summed E-state index contributed by atoms with van der Waals surface area (Å²) >= 11 is 0. The summed E-state index contributed by atoms with van der Waals surface area (Å²) in [4.78, 5) is 45.9. The van der Waals surface area contributed by atoms with E-state index in [2.05, 4.69) is 5.32 Å². The van der Waals surface area contributed by atoms with Crippen molar-refractivity contribution in [1.29, 1.82) is 0 Å². The molecule has 0 saturated carbocycles. The topological polar surface area (TPSA) is 136 Å². The predicted molar refractivity (Wildman–Crippen MR) is 85.2 cm³/mol. The van der Waals surface area contributed by atoms with E-state index in [-0.39, 0.29) is 23.5 Å². The number of anilines is 1. The third-order valence-electron chi connectivity index (χ3n) is 3.69. The lowest BCUT2D eigenvalue weighted by atomic mass is 10.1. The third-order valence-corrected chi connectivity index (χ3v) is 3.69. The number of amides is 2. The first-order chi connectivity index (χ1) is 11.9. The van der Waals surface area contributed by atoms with E-state index in [9.17, 15) is 29.8 Å². The number of benzene rings is 2. The molecule has 0 fully saturated rings. The fraction of sp³-hybridized carbons (Fsp3) is 0.0667. The normalized spacial score (nSPS) is 12.9. The van der Waals surface area contributed by atoms with Crippen molar-refractivity contribution in [3.8, 4) is 0 Å². The summed E-state index contributed by atoms with van der Waals surface area (Å²) in [6.07, 6.45) is 0. The molecule has 0 aliphatic carbocycles. The van der Waals surface area contributed by atoms with Gasteiger partial charge in [0.15, 0.2) is 0 Å². The zero-order chi connectivity index (χ0) is 18.1. The highest BCUT2D eigenvalue weighted by Gasteiger charge is 2.40. The molecule has 1 aliphatic heterocycles. The van der Waals surface area contributed by atoms with Crippen LogP contribution in [0.4, 0.5) is 17.1 Å². The van der Waals surface area contributed by atoms with E-state index >= 15 is 0 Å². The van der Waals surface area contributed by atoms with Crippen molar-refractivity contribution >= 4 is 28.9 Å². The van der Waals surface area contributed by atoms with E-state index in [4.69, 9.17) is 0 Å². The number of nitrogens with one attached hydrogen (secondary N) is 1. The fourth-order valence-corrected chi connectivity index (χ4v) is 2.48. The molecular weight excluding hydrogens is 332 g/mol. The minimum Gasteiger partial charge on any atom is -0.367 e. The number of non-ortho nitro benzene ring substituents is 1. The molecule has 0 bridgehead atoms. The summed E-state index contributed by atoms with van der Waals surface area (Å²) in [5, 5.41) is 24.4. The van der Waals surface area contributed by atoms with Gasteiger partial charge in [-0.25, -0.2) is 0 Å². The molecule has 0 spiro atoms. The smallest absolute Gasteiger partial charge is 0.282 e. The van der Waals surface area contributed by atoms with Gasteiger partial charge in [0.1, 0.15) is 5.56 Å². The SMILES string of the molecule is O=C1c2cccc([N+](=O)[O-])c2C(=O)N1CNc1ccc([N+](=O)[O-])cc1. The number of hydrogen-bond donors (Lipinski definition) is 1. The standard InChI is InChI=1S/C15H10N4O6/c20-14-11-2-1-3-12(19(24)25)13(11)15(21)17(14)8-16-9-4-6-10(7-5-9)18(22)23/h1-7,16H,8H2. The van der Waals surface area contributed by atoms with Gasteiger partial charge in [-0.3, -0.25) is 34.7 Å². The number of nitro benzene ring substituents is 2. The Labute approximate surface area is 140 Å². The summed E-state index contributed by atoms with van der Waals surface area (Å²) in [6, 6.07) is 9.27. The number of imide groups is 1. The molecule has 2 aromatic rings. The number of nitro groups is 2. The molecule has 25 heavy (non-hydrogen) atoms. The monoisotopic (exact) mass is 342 g/mol. The van der Waals surface area contributed by atoms with E-state index in [1.807, 2.05) is 0 Å². The highest BCUT2D eigenvalue weighted by atomic mass is 16.6. The first-order valence-corrected chi connectivity index (χ1v) is 7.02. The average Bonchev–Trinajstić information content (AvgIpc) is 2.84. The van der Waals surface area contributed by atoms with Crippen LogP contribution in [-0.4, -0.2) is 33.2 Å². The molecule has 10 heteroatoms. The van der Waals surface area contributed by atoms with E-state index in [1.54, 1.807) is 0 Å². The van der Waals surface area contributed by atoms with E-state index in [0.29, 0.717) is 5.69 Å². The van der Waals surface area contributed by atoms with Gasteiger partial charge in [-0.1, -0.05) is 6.07 Å². The van der Waals surface area contributed by atoms with Crippen molar-refractivity contribution in [3.05, 3.63) is 73.8 Å². The van der Waals surface area contributed by atoms with Crippen LogP contribution in [0.25, 0.3) is 0 Å².